The Kier molecular flexibility index (Phi) is 4.23. The summed E-state index contributed by atoms with van der Waals surface area (Å²) in [6.07, 6.45) is 0.921. The second kappa shape index (κ2) is 6.94. The van der Waals surface area contributed by atoms with Crippen LogP contribution in [0.3, 0.4) is 0 Å². The molecule has 0 bridgehead atoms. The summed E-state index contributed by atoms with van der Waals surface area (Å²) in [4.78, 5) is 35.1. The standard InChI is InChI=1S/C19H16F2N8O/c1-28-18(26-17(27-28)15(20)21)19(30)29-7-6-12-13(24-9-23-12)14(29)16-22-8-10-4-2-3-5-11(10)25-16/h2-5,8-9,14-15H,6-7H2,1H3,(H,23,24)/t14-/m1/s1. The molecular weight excluding hydrogens is 394 g/mol. The highest BCUT2D eigenvalue weighted by Gasteiger charge is 2.38. The van der Waals surface area contributed by atoms with Crippen LogP contribution in [-0.2, 0) is 13.5 Å². The lowest BCUT2D eigenvalue weighted by atomic mass is 10.0. The van der Waals surface area contributed by atoms with Gasteiger partial charge in [-0.05, 0) is 6.07 Å². The molecule has 0 saturated carbocycles. The highest BCUT2D eigenvalue weighted by atomic mass is 19.3. The van der Waals surface area contributed by atoms with E-state index in [1.165, 1.54) is 11.9 Å². The maximum atomic E-state index is 13.3. The zero-order valence-corrected chi connectivity index (χ0v) is 15.8. The van der Waals surface area contributed by atoms with Crippen molar-refractivity contribution >= 4 is 16.8 Å². The summed E-state index contributed by atoms with van der Waals surface area (Å²) in [6.45, 7) is 0.325. The van der Waals surface area contributed by atoms with E-state index in [0.29, 0.717) is 24.5 Å². The fraction of sp³-hybridized carbons (Fsp3) is 0.263. The molecule has 0 spiro atoms. The van der Waals surface area contributed by atoms with E-state index >= 15 is 0 Å². The number of nitrogens with one attached hydrogen (secondary N) is 1. The number of carbonyl (C=O) groups is 1. The number of carbonyl (C=O) groups excluding carboxylic acids is 1. The van der Waals surface area contributed by atoms with Gasteiger partial charge in [-0.15, -0.1) is 5.10 Å². The first-order valence-corrected chi connectivity index (χ1v) is 9.27. The maximum absolute atomic E-state index is 13.3. The number of para-hydroxylation sites is 1. The molecule has 1 aliphatic heterocycles. The summed E-state index contributed by atoms with van der Waals surface area (Å²) in [5, 5.41) is 4.52. The van der Waals surface area contributed by atoms with Crippen molar-refractivity contribution in [3.8, 4) is 0 Å². The third kappa shape index (κ3) is 2.90. The Bertz CT molecular complexity index is 1250. The number of imidazole rings is 1. The lowest BCUT2D eigenvalue weighted by Crippen LogP contribution is -2.42. The molecule has 1 atom stereocenters. The predicted octanol–water partition coefficient (Wildman–Crippen LogP) is 2.21. The molecule has 1 aromatic carbocycles. The van der Waals surface area contributed by atoms with Crippen molar-refractivity contribution in [2.75, 3.05) is 6.54 Å². The van der Waals surface area contributed by atoms with Gasteiger partial charge >= 0.3 is 0 Å². The molecule has 30 heavy (non-hydrogen) atoms. The van der Waals surface area contributed by atoms with Crippen LogP contribution in [0.5, 0.6) is 0 Å². The number of aryl methyl sites for hydroxylation is 1. The Labute approximate surface area is 168 Å². The number of halogens is 2. The first kappa shape index (κ1) is 18.3. The molecule has 3 aromatic heterocycles. The van der Waals surface area contributed by atoms with Gasteiger partial charge in [-0.25, -0.2) is 33.4 Å². The predicted molar refractivity (Wildman–Crippen MR) is 101 cm³/mol. The molecule has 1 aliphatic rings. The molecule has 0 unspecified atom stereocenters. The zero-order valence-electron chi connectivity index (χ0n) is 15.8. The van der Waals surface area contributed by atoms with Gasteiger partial charge in [-0.3, -0.25) is 4.79 Å². The molecule has 0 radical (unpaired) electrons. The number of H-pyrrole nitrogens is 1. The quantitative estimate of drug-likeness (QED) is 0.555. The van der Waals surface area contributed by atoms with Crippen LogP contribution in [0.2, 0.25) is 0 Å². The number of nitrogens with zero attached hydrogens (tertiary/aromatic N) is 7. The molecule has 1 amide bonds. The van der Waals surface area contributed by atoms with Gasteiger partial charge in [-0.2, -0.15) is 0 Å². The van der Waals surface area contributed by atoms with Gasteiger partial charge in [0.15, 0.2) is 5.82 Å². The van der Waals surface area contributed by atoms with E-state index in [2.05, 4.69) is 30.0 Å². The summed E-state index contributed by atoms with van der Waals surface area (Å²) in [5.74, 6) is -0.995. The normalized spacial score (nSPS) is 16.3. The summed E-state index contributed by atoms with van der Waals surface area (Å²) in [5.41, 5.74) is 2.24. The number of rotatable bonds is 3. The largest absolute Gasteiger partial charge is 0.348 e. The van der Waals surface area contributed by atoms with Gasteiger partial charge in [0, 0.05) is 37.3 Å². The van der Waals surface area contributed by atoms with Gasteiger partial charge in [-0.1, -0.05) is 18.2 Å². The smallest absolute Gasteiger partial charge is 0.299 e. The van der Waals surface area contributed by atoms with Gasteiger partial charge in [0.2, 0.25) is 11.6 Å². The lowest BCUT2D eigenvalue weighted by molar-refractivity contribution is 0.0665. The van der Waals surface area contributed by atoms with E-state index in [0.717, 1.165) is 21.3 Å². The Hall–Kier alpha value is -3.76. The molecule has 4 aromatic rings. The van der Waals surface area contributed by atoms with Crippen molar-refractivity contribution in [3.05, 3.63) is 65.7 Å². The fourth-order valence-electron chi connectivity index (χ4n) is 3.69. The van der Waals surface area contributed by atoms with Crippen LogP contribution in [0.25, 0.3) is 10.9 Å². The van der Waals surface area contributed by atoms with E-state index in [-0.39, 0.29) is 5.82 Å². The molecule has 11 heteroatoms. The summed E-state index contributed by atoms with van der Waals surface area (Å²) in [6, 6.07) is 6.84. The molecule has 0 aliphatic carbocycles. The van der Waals surface area contributed by atoms with Gasteiger partial charge in [0.1, 0.15) is 6.04 Å². The van der Waals surface area contributed by atoms with Crippen LogP contribution >= 0.6 is 0 Å². The number of aromatic amines is 1. The van der Waals surface area contributed by atoms with E-state index in [4.69, 9.17) is 0 Å². The Morgan fingerprint density at radius 3 is 2.87 bits per heavy atom. The van der Waals surface area contributed by atoms with Crippen LogP contribution in [0, 0.1) is 0 Å². The molecule has 1 N–H and O–H groups in total. The van der Waals surface area contributed by atoms with Gasteiger partial charge in [0.25, 0.3) is 12.3 Å². The molecule has 9 nitrogen and oxygen atoms in total. The lowest BCUT2D eigenvalue weighted by Gasteiger charge is -2.33. The minimum Gasteiger partial charge on any atom is -0.348 e. The number of alkyl halides is 2. The fourth-order valence-corrected chi connectivity index (χ4v) is 3.69. The highest BCUT2D eigenvalue weighted by Crippen LogP contribution is 2.33. The average molecular weight is 410 g/mol. The van der Waals surface area contributed by atoms with Crippen LogP contribution < -0.4 is 0 Å². The van der Waals surface area contributed by atoms with Crippen LogP contribution in [0.4, 0.5) is 8.78 Å². The van der Waals surface area contributed by atoms with Crippen LogP contribution in [0.1, 0.15) is 46.1 Å². The second-order valence-electron chi connectivity index (χ2n) is 6.92. The average Bonchev–Trinajstić information content (AvgIpc) is 3.38. The second-order valence-corrected chi connectivity index (χ2v) is 6.92. The SMILES string of the molecule is Cn1nc(C(F)F)nc1C(=O)N1CCc2[nH]cnc2[C@@H]1c1ncc2ccccc2n1. The molecule has 0 fully saturated rings. The van der Waals surface area contributed by atoms with Crippen molar-refractivity contribution in [3.63, 3.8) is 0 Å². The molecule has 152 valence electrons. The van der Waals surface area contributed by atoms with E-state index in [9.17, 15) is 13.6 Å². The van der Waals surface area contributed by atoms with Crippen molar-refractivity contribution < 1.29 is 13.6 Å². The van der Waals surface area contributed by atoms with E-state index in [1.807, 2.05) is 24.3 Å². The third-order valence-electron chi connectivity index (χ3n) is 5.10. The Balaban J connectivity index is 1.60. The first-order valence-electron chi connectivity index (χ1n) is 9.27. The Morgan fingerprint density at radius 1 is 1.23 bits per heavy atom. The summed E-state index contributed by atoms with van der Waals surface area (Å²) < 4.78 is 27.1. The highest BCUT2D eigenvalue weighted by molar-refractivity contribution is 5.91. The van der Waals surface area contributed by atoms with Crippen molar-refractivity contribution in [2.24, 2.45) is 7.05 Å². The first-order chi connectivity index (χ1) is 14.5. The van der Waals surface area contributed by atoms with Gasteiger partial charge in [0.05, 0.1) is 17.5 Å². The number of hydrogen-bond acceptors (Lipinski definition) is 6. The van der Waals surface area contributed by atoms with Crippen molar-refractivity contribution in [1.29, 1.82) is 0 Å². The number of benzene rings is 1. The number of aromatic nitrogens is 7. The monoisotopic (exact) mass is 410 g/mol. The van der Waals surface area contributed by atoms with E-state index < -0.39 is 24.2 Å². The Morgan fingerprint density at radius 2 is 2.07 bits per heavy atom. The van der Waals surface area contributed by atoms with E-state index in [1.54, 1.807) is 12.5 Å². The van der Waals surface area contributed by atoms with Crippen LogP contribution in [0.15, 0.2) is 36.8 Å². The third-order valence-corrected chi connectivity index (χ3v) is 5.10. The minimum absolute atomic E-state index is 0.171. The minimum atomic E-state index is -2.86. The van der Waals surface area contributed by atoms with Crippen molar-refractivity contribution in [2.45, 2.75) is 18.9 Å². The molecular formula is C19H16F2N8O. The zero-order chi connectivity index (χ0) is 20.8. The topological polar surface area (TPSA) is 105 Å². The molecule has 0 saturated heterocycles. The number of amides is 1. The molecule has 4 heterocycles. The van der Waals surface area contributed by atoms with Crippen LogP contribution in [-0.4, -0.2) is 52.1 Å². The number of fused-ring (bicyclic) bond motifs is 2. The number of hydrogen-bond donors (Lipinski definition) is 1. The molecule has 5 rings (SSSR count). The maximum Gasteiger partial charge on any atom is 0.299 e. The van der Waals surface area contributed by atoms with Crippen molar-refractivity contribution in [1.82, 2.24) is 39.6 Å². The summed E-state index contributed by atoms with van der Waals surface area (Å²) in [7, 11) is 1.41. The van der Waals surface area contributed by atoms with Gasteiger partial charge < -0.3 is 9.88 Å². The summed E-state index contributed by atoms with van der Waals surface area (Å²) >= 11 is 0.